The molecule has 5 aromatic rings. The third-order valence-corrected chi connectivity index (χ3v) is 8.24. The molecular weight excluding hydrogens is 623 g/mol. The molecule has 0 spiro atoms. The van der Waals surface area contributed by atoms with Crippen molar-refractivity contribution < 1.29 is 23.5 Å². The van der Waals surface area contributed by atoms with E-state index in [0.29, 0.717) is 32.1 Å². The quantitative estimate of drug-likeness (QED) is 0.191. The number of nitrogens with zero attached hydrogens (tertiary/aromatic N) is 2. The highest BCUT2D eigenvalue weighted by Crippen LogP contribution is 2.31. The number of aromatic nitrogens is 1. The average Bonchev–Trinajstić information content (AvgIpc) is 3.70. The van der Waals surface area contributed by atoms with Crippen molar-refractivity contribution in [2.45, 2.75) is 18.8 Å². The lowest BCUT2D eigenvalue weighted by Gasteiger charge is -2.23. The number of para-hydroxylation sites is 2. The zero-order valence-electron chi connectivity index (χ0n) is 21.8. The third-order valence-electron chi connectivity index (χ3n) is 6.60. The summed E-state index contributed by atoms with van der Waals surface area (Å²) in [6, 6.07) is 27.0. The van der Waals surface area contributed by atoms with Gasteiger partial charge in [0.05, 0.1) is 22.4 Å². The van der Waals surface area contributed by atoms with Gasteiger partial charge in [0.1, 0.15) is 5.82 Å². The van der Waals surface area contributed by atoms with Crippen LogP contribution in [-0.4, -0.2) is 34.9 Å². The van der Waals surface area contributed by atoms with E-state index in [2.05, 4.69) is 31.5 Å². The van der Waals surface area contributed by atoms with Crippen molar-refractivity contribution in [3.8, 4) is 0 Å². The van der Waals surface area contributed by atoms with Crippen LogP contribution in [0.3, 0.4) is 0 Å². The van der Waals surface area contributed by atoms with Crippen LogP contribution in [0.4, 0.5) is 20.9 Å². The lowest BCUT2D eigenvalue weighted by molar-refractivity contribution is -0.120. The van der Waals surface area contributed by atoms with Crippen LogP contribution in [0.5, 0.6) is 0 Å². The van der Waals surface area contributed by atoms with Crippen LogP contribution in [0.1, 0.15) is 15.9 Å². The molecule has 2 N–H and O–H groups in total. The second-order valence-corrected chi connectivity index (χ2v) is 11.4. The maximum Gasteiger partial charge on any atom is 0.259 e. The van der Waals surface area contributed by atoms with Crippen LogP contribution in [0.15, 0.2) is 102 Å². The van der Waals surface area contributed by atoms with Gasteiger partial charge in [-0.3, -0.25) is 19.7 Å². The number of halogens is 2. The molecule has 0 saturated carbocycles. The minimum atomic E-state index is -0.991. The Kier molecular flexibility index (Phi) is 7.79. The first-order valence-electron chi connectivity index (χ1n) is 12.9. The summed E-state index contributed by atoms with van der Waals surface area (Å²) in [5.41, 5.74) is 2.90. The third kappa shape index (κ3) is 6.08. The second kappa shape index (κ2) is 11.8. The van der Waals surface area contributed by atoms with Crippen LogP contribution in [-0.2, 0) is 20.9 Å². The number of anilines is 3. The number of fused-ring (bicyclic) bond motifs is 1. The van der Waals surface area contributed by atoms with Crippen LogP contribution in [0.25, 0.3) is 10.2 Å². The molecule has 1 fully saturated rings. The number of hydrogen-bond acceptors (Lipinski definition) is 6. The minimum absolute atomic E-state index is 0.106. The van der Waals surface area contributed by atoms with Crippen molar-refractivity contribution in [3.05, 3.63) is 118 Å². The van der Waals surface area contributed by atoms with Crippen molar-refractivity contribution in [3.63, 3.8) is 0 Å². The van der Waals surface area contributed by atoms with Crippen molar-refractivity contribution in [1.82, 2.24) is 4.98 Å². The number of thiazole rings is 1. The SMILES string of the molecule is O=C(Nc1nc2ccccc2s1)c1ccc(N(Cc2ccc(F)cc2)C(=O)C2OC2C(=O)Nc2ccccc2Br)cc1. The molecule has 0 aliphatic carbocycles. The second-order valence-electron chi connectivity index (χ2n) is 9.48. The van der Waals surface area contributed by atoms with Gasteiger partial charge in [-0.1, -0.05) is 47.7 Å². The fraction of sp³-hybridized carbons (Fsp3) is 0.0968. The van der Waals surface area contributed by atoms with Gasteiger partial charge in [0.25, 0.3) is 17.7 Å². The maximum atomic E-state index is 13.6. The highest BCUT2D eigenvalue weighted by Gasteiger charge is 2.52. The number of rotatable bonds is 8. The van der Waals surface area contributed by atoms with Crippen molar-refractivity contribution in [2.75, 3.05) is 15.5 Å². The maximum absolute atomic E-state index is 13.6. The molecule has 1 aliphatic rings. The molecule has 210 valence electrons. The molecule has 6 rings (SSSR count). The predicted molar refractivity (Wildman–Crippen MR) is 163 cm³/mol. The lowest BCUT2D eigenvalue weighted by atomic mass is 10.1. The van der Waals surface area contributed by atoms with E-state index in [9.17, 15) is 18.8 Å². The number of carbonyl (C=O) groups is 3. The van der Waals surface area contributed by atoms with Crippen LogP contribution in [0.2, 0.25) is 0 Å². The summed E-state index contributed by atoms with van der Waals surface area (Å²) in [4.78, 5) is 45.2. The number of benzene rings is 4. The van der Waals surface area contributed by atoms with Crippen LogP contribution in [0, 0.1) is 5.82 Å². The number of amides is 3. The Morgan fingerprint density at radius 1 is 0.881 bits per heavy atom. The van der Waals surface area contributed by atoms with Gasteiger partial charge in [-0.25, -0.2) is 9.37 Å². The highest BCUT2D eigenvalue weighted by atomic mass is 79.9. The molecule has 8 nitrogen and oxygen atoms in total. The Morgan fingerprint density at radius 3 is 2.33 bits per heavy atom. The highest BCUT2D eigenvalue weighted by molar-refractivity contribution is 9.10. The molecule has 2 atom stereocenters. The Labute approximate surface area is 252 Å². The number of nitrogens with one attached hydrogen (secondary N) is 2. The summed E-state index contributed by atoms with van der Waals surface area (Å²) in [6.07, 6.45) is -1.95. The first-order chi connectivity index (χ1) is 20.4. The van der Waals surface area contributed by atoms with E-state index in [1.807, 2.05) is 30.3 Å². The van der Waals surface area contributed by atoms with E-state index in [4.69, 9.17) is 4.74 Å². The van der Waals surface area contributed by atoms with Gasteiger partial charge in [0, 0.05) is 15.7 Å². The summed E-state index contributed by atoms with van der Waals surface area (Å²) in [6.45, 7) is 0.106. The average molecular weight is 646 g/mol. The van der Waals surface area contributed by atoms with Crippen molar-refractivity contribution >= 4 is 71.7 Å². The monoisotopic (exact) mass is 644 g/mol. The molecule has 0 bridgehead atoms. The minimum Gasteiger partial charge on any atom is -0.349 e. The van der Waals surface area contributed by atoms with Gasteiger partial charge in [-0.05, 0) is 82.2 Å². The molecule has 3 amide bonds. The normalized spacial score (nSPS) is 15.7. The predicted octanol–water partition coefficient (Wildman–Crippen LogP) is 6.39. The van der Waals surface area contributed by atoms with E-state index in [0.717, 1.165) is 10.2 Å². The lowest BCUT2D eigenvalue weighted by Crippen LogP contribution is -2.36. The van der Waals surface area contributed by atoms with Crippen molar-refractivity contribution in [1.29, 1.82) is 0 Å². The molecule has 0 radical (unpaired) electrons. The molecule has 1 aromatic heterocycles. The van der Waals surface area contributed by atoms with E-state index in [-0.39, 0.29) is 12.5 Å². The zero-order chi connectivity index (χ0) is 29.2. The van der Waals surface area contributed by atoms with E-state index >= 15 is 0 Å². The molecular formula is C31H22BrFN4O4S. The Balaban J connectivity index is 1.19. The molecule has 2 unspecified atom stereocenters. The largest absolute Gasteiger partial charge is 0.349 e. The van der Waals surface area contributed by atoms with Gasteiger partial charge in [-0.15, -0.1) is 0 Å². The molecule has 42 heavy (non-hydrogen) atoms. The van der Waals surface area contributed by atoms with Crippen LogP contribution < -0.4 is 15.5 Å². The van der Waals surface area contributed by atoms with E-state index in [1.54, 1.807) is 54.6 Å². The molecule has 1 saturated heterocycles. The standard InChI is InChI=1S/C31H22BrFN4O4S/c32-22-5-1-2-6-23(22)34-29(39)26-27(41-26)30(40)37(17-18-9-13-20(33)14-10-18)21-15-11-19(12-16-21)28(38)36-31-35-24-7-3-4-8-25(24)42-31/h1-16,26-27H,17H2,(H,34,39)(H,35,36,38). The van der Waals surface area contributed by atoms with Gasteiger partial charge in [-0.2, -0.15) is 0 Å². The Morgan fingerprint density at radius 2 is 1.60 bits per heavy atom. The number of carbonyl (C=O) groups excluding carboxylic acids is 3. The topological polar surface area (TPSA) is 104 Å². The van der Waals surface area contributed by atoms with Gasteiger partial charge in [0.2, 0.25) is 0 Å². The van der Waals surface area contributed by atoms with E-state index < -0.39 is 29.8 Å². The number of ether oxygens (including phenoxy) is 1. The fourth-order valence-corrected chi connectivity index (χ4v) is 5.62. The summed E-state index contributed by atoms with van der Waals surface area (Å²) >= 11 is 4.76. The Bertz CT molecular complexity index is 1760. The fourth-order valence-electron chi connectivity index (χ4n) is 4.38. The first-order valence-corrected chi connectivity index (χ1v) is 14.5. The Hall–Kier alpha value is -4.45. The zero-order valence-corrected chi connectivity index (χ0v) is 24.2. The summed E-state index contributed by atoms with van der Waals surface area (Å²) in [7, 11) is 0. The smallest absolute Gasteiger partial charge is 0.259 e. The number of hydrogen-bond donors (Lipinski definition) is 2. The van der Waals surface area contributed by atoms with Crippen molar-refractivity contribution in [2.24, 2.45) is 0 Å². The summed E-state index contributed by atoms with van der Waals surface area (Å²) in [5.74, 6) is -1.61. The number of epoxide rings is 1. The summed E-state index contributed by atoms with van der Waals surface area (Å²) < 4.78 is 20.7. The van der Waals surface area contributed by atoms with Gasteiger partial charge >= 0.3 is 0 Å². The van der Waals surface area contributed by atoms with Gasteiger partial charge < -0.3 is 15.0 Å². The first kappa shape index (κ1) is 27.7. The molecule has 2 heterocycles. The van der Waals surface area contributed by atoms with Crippen LogP contribution >= 0.6 is 27.3 Å². The molecule has 4 aromatic carbocycles. The van der Waals surface area contributed by atoms with E-state index in [1.165, 1.54) is 28.4 Å². The summed E-state index contributed by atoms with van der Waals surface area (Å²) in [5, 5.41) is 6.07. The molecule has 1 aliphatic heterocycles. The van der Waals surface area contributed by atoms with Gasteiger partial charge in [0.15, 0.2) is 17.3 Å². The molecule has 11 heteroatoms.